The SMILES string of the molecule is CC1(C)S[C@@H]2[C@H](NS(=O)(=O)NC3CCCCC3)C(=O)N2[C@H]1C(=O)O. The predicted molar refractivity (Wildman–Crippen MR) is 89.6 cm³/mol. The van der Waals surface area contributed by atoms with E-state index in [1.807, 2.05) is 0 Å². The molecule has 3 N–H and O–H groups in total. The molecule has 1 saturated carbocycles. The Morgan fingerprint density at radius 2 is 1.88 bits per heavy atom. The molecule has 0 aromatic rings. The number of fused-ring (bicyclic) bond motifs is 1. The molecule has 3 rings (SSSR count). The van der Waals surface area contributed by atoms with Crippen molar-refractivity contribution in [2.24, 2.45) is 0 Å². The molecular weight excluding hydrogens is 354 g/mol. The van der Waals surface area contributed by atoms with Crippen LogP contribution in [0, 0.1) is 0 Å². The lowest BCUT2D eigenvalue weighted by Crippen LogP contribution is -2.71. The van der Waals surface area contributed by atoms with E-state index in [9.17, 15) is 23.1 Å². The fraction of sp³-hybridized carbons (Fsp3) is 0.857. The van der Waals surface area contributed by atoms with Gasteiger partial charge in [-0.1, -0.05) is 19.3 Å². The molecule has 2 saturated heterocycles. The van der Waals surface area contributed by atoms with E-state index >= 15 is 0 Å². The second-order valence-corrected chi connectivity index (χ2v) is 10.4. The third-order valence-electron chi connectivity index (χ3n) is 4.88. The maximum absolute atomic E-state index is 12.3. The smallest absolute Gasteiger partial charge is 0.327 e. The van der Waals surface area contributed by atoms with E-state index < -0.39 is 44.3 Å². The highest BCUT2D eigenvalue weighted by Gasteiger charge is 2.64. The molecule has 2 aliphatic heterocycles. The quantitative estimate of drug-likeness (QED) is 0.592. The molecule has 8 nitrogen and oxygen atoms in total. The Balaban J connectivity index is 1.67. The van der Waals surface area contributed by atoms with Crippen molar-refractivity contribution < 1.29 is 23.1 Å². The molecule has 10 heteroatoms. The van der Waals surface area contributed by atoms with Crippen molar-refractivity contribution in [3.63, 3.8) is 0 Å². The van der Waals surface area contributed by atoms with E-state index in [0.717, 1.165) is 32.1 Å². The molecule has 136 valence electrons. The lowest BCUT2D eigenvalue weighted by atomic mass is 9.96. The molecule has 0 bridgehead atoms. The summed E-state index contributed by atoms with van der Waals surface area (Å²) in [6.45, 7) is 3.52. The zero-order chi connectivity index (χ0) is 17.7. The molecule has 3 fully saturated rings. The number of hydrogen-bond acceptors (Lipinski definition) is 5. The van der Waals surface area contributed by atoms with E-state index in [2.05, 4.69) is 9.44 Å². The maximum Gasteiger partial charge on any atom is 0.327 e. The molecule has 1 aliphatic carbocycles. The third-order valence-corrected chi connectivity index (χ3v) is 7.66. The Labute approximate surface area is 145 Å². The Kier molecular flexibility index (Phi) is 4.61. The van der Waals surface area contributed by atoms with Gasteiger partial charge in [0.05, 0.1) is 0 Å². The van der Waals surface area contributed by atoms with Crippen molar-refractivity contribution in [2.75, 3.05) is 0 Å². The summed E-state index contributed by atoms with van der Waals surface area (Å²) in [5.74, 6) is -1.54. The number of rotatable bonds is 5. The number of hydrogen-bond donors (Lipinski definition) is 3. The minimum atomic E-state index is -3.80. The van der Waals surface area contributed by atoms with Crippen molar-refractivity contribution in [2.45, 2.75) is 74.2 Å². The first kappa shape index (κ1) is 18.0. The summed E-state index contributed by atoms with van der Waals surface area (Å²) in [5, 5.41) is 8.89. The van der Waals surface area contributed by atoms with Gasteiger partial charge in [0.25, 0.3) is 10.2 Å². The van der Waals surface area contributed by atoms with Gasteiger partial charge < -0.3 is 10.0 Å². The van der Waals surface area contributed by atoms with E-state index in [1.54, 1.807) is 13.8 Å². The Hall–Kier alpha value is -0.840. The molecule has 1 amide bonds. The van der Waals surface area contributed by atoms with Crippen LogP contribution in [0.1, 0.15) is 46.0 Å². The average Bonchev–Trinajstić information content (AvgIpc) is 2.74. The highest BCUT2D eigenvalue weighted by atomic mass is 32.2. The number of nitrogens with zero attached hydrogens (tertiary/aromatic N) is 1. The summed E-state index contributed by atoms with van der Waals surface area (Å²) < 4.78 is 29.0. The normalized spacial score (nSPS) is 33.2. The van der Waals surface area contributed by atoms with E-state index in [4.69, 9.17) is 0 Å². The average molecular weight is 377 g/mol. The minimum absolute atomic E-state index is 0.0954. The van der Waals surface area contributed by atoms with Crippen LogP contribution < -0.4 is 9.44 Å². The van der Waals surface area contributed by atoms with Crippen LogP contribution >= 0.6 is 11.8 Å². The first-order valence-corrected chi connectivity index (χ1v) is 10.5. The monoisotopic (exact) mass is 377 g/mol. The van der Waals surface area contributed by atoms with Crippen LogP contribution in [0.2, 0.25) is 0 Å². The van der Waals surface area contributed by atoms with Crippen molar-refractivity contribution in [3.8, 4) is 0 Å². The van der Waals surface area contributed by atoms with Gasteiger partial charge in [0.1, 0.15) is 17.5 Å². The molecule has 3 atom stereocenters. The molecule has 0 spiro atoms. The lowest BCUT2D eigenvalue weighted by Gasteiger charge is -2.43. The number of carboxylic acid groups (broad SMARTS) is 1. The molecule has 0 aromatic carbocycles. The molecule has 0 unspecified atom stereocenters. The van der Waals surface area contributed by atoms with Gasteiger partial charge in [-0.25, -0.2) is 4.79 Å². The second-order valence-electron chi connectivity index (χ2n) is 7.15. The Bertz CT molecular complexity index is 645. The standard InChI is InChI=1S/C14H23N3O5S2/c1-14(2)10(13(19)20)17-11(18)9(12(17)23-14)16-24(21,22)15-8-6-4-3-5-7-8/h8-10,12,15-16H,3-7H2,1-2H3,(H,19,20)/t9-,10+,12-/m1/s1. The number of thioether (sulfide) groups is 1. The fourth-order valence-electron chi connectivity index (χ4n) is 3.76. The van der Waals surface area contributed by atoms with Crippen LogP contribution in [0.15, 0.2) is 0 Å². The predicted octanol–water partition coefficient (Wildman–Crippen LogP) is 0.259. The highest BCUT2D eigenvalue weighted by molar-refractivity contribution is 8.01. The highest BCUT2D eigenvalue weighted by Crippen LogP contribution is 2.50. The van der Waals surface area contributed by atoms with Crippen LogP contribution in [-0.4, -0.2) is 58.5 Å². The van der Waals surface area contributed by atoms with E-state index in [1.165, 1.54) is 16.7 Å². The maximum atomic E-state index is 12.3. The first-order chi connectivity index (χ1) is 11.1. The van der Waals surface area contributed by atoms with Crippen LogP contribution in [0.3, 0.4) is 0 Å². The van der Waals surface area contributed by atoms with Gasteiger partial charge in [-0.15, -0.1) is 11.8 Å². The third kappa shape index (κ3) is 3.16. The number of carbonyl (C=O) groups excluding carboxylic acids is 1. The molecule has 0 radical (unpaired) electrons. The van der Waals surface area contributed by atoms with Gasteiger partial charge in [0.15, 0.2) is 0 Å². The largest absolute Gasteiger partial charge is 0.480 e. The van der Waals surface area contributed by atoms with E-state index in [0.29, 0.717) is 0 Å². The number of nitrogens with one attached hydrogen (secondary N) is 2. The van der Waals surface area contributed by atoms with Gasteiger partial charge in [-0.05, 0) is 26.7 Å². The van der Waals surface area contributed by atoms with E-state index in [-0.39, 0.29) is 6.04 Å². The van der Waals surface area contributed by atoms with Crippen molar-refractivity contribution in [3.05, 3.63) is 0 Å². The summed E-state index contributed by atoms with van der Waals surface area (Å²) in [6, 6.07) is -1.94. The number of amides is 1. The minimum Gasteiger partial charge on any atom is -0.480 e. The van der Waals surface area contributed by atoms with Crippen LogP contribution in [0.25, 0.3) is 0 Å². The summed E-state index contributed by atoms with van der Waals surface area (Å²) >= 11 is 1.32. The number of carboxylic acids is 1. The van der Waals surface area contributed by atoms with Gasteiger partial charge in [0.2, 0.25) is 5.91 Å². The summed E-state index contributed by atoms with van der Waals surface area (Å²) in [6.07, 6.45) is 4.72. The van der Waals surface area contributed by atoms with Gasteiger partial charge in [0, 0.05) is 10.8 Å². The zero-order valence-corrected chi connectivity index (χ0v) is 15.3. The van der Waals surface area contributed by atoms with Gasteiger partial charge >= 0.3 is 5.97 Å². The molecule has 24 heavy (non-hydrogen) atoms. The lowest BCUT2D eigenvalue weighted by molar-refractivity contribution is -0.159. The summed E-state index contributed by atoms with van der Waals surface area (Å²) in [5.41, 5.74) is 0. The van der Waals surface area contributed by atoms with Crippen molar-refractivity contribution in [1.82, 2.24) is 14.3 Å². The summed E-state index contributed by atoms with van der Waals surface area (Å²) in [4.78, 5) is 25.0. The number of β-lactam (4-membered cyclic amide) rings is 1. The Morgan fingerprint density at radius 3 is 2.46 bits per heavy atom. The fourth-order valence-corrected chi connectivity index (χ4v) is 6.78. The van der Waals surface area contributed by atoms with Crippen LogP contribution in [0.5, 0.6) is 0 Å². The second kappa shape index (κ2) is 6.15. The number of carbonyl (C=O) groups is 2. The van der Waals surface area contributed by atoms with Gasteiger partial charge in [-0.2, -0.15) is 17.9 Å². The van der Waals surface area contributed by atoms with Crippen LogP contribution in [-0.2, 0) is 19.8 Å². The molecule has 3 aliphatic rings. The Morgan fingerprint density at radius 1 is 1.25 bits per heavy atom. The molecule has 0 aromatic heterocycles. The van der Waals surface area contributed by atoms with Crippen LogP contribution in [0.4, 0.5) is 0 Å². The van der Waals surface area contributed by atoms with Crippen molar-refractivity contribution in [1.29, 1.82) is 0 Å². The molecule has 2 heterocycles. The zero-order valence-electron chi connectivity index (χ0n) is 13.7. The molecular formula is C14H23N3O5S2. The first-order valence-electron chi connectivity index (χ1n) is 8.15. The van der Waals surface area contributed by atoms with Gasteiger partial charge in [-0.3, -0.25) is 4.79 Å². The number of aliphatic carboxylic acids is 1. The summed E-state index contributed by atoms with van der Waals surface area (Å²) in [7, 11) is -3.80. The topological polar surface area (TPSA) is 116 Å². The van der Waals surface area contributed by atoms with Crippen molar-refractivity contribution >= 4 is 33.8 Å².